The molecule has 4 aromatic rings. The lowest BCUT2D eigenvalue weighted by Gasteiger charge is -2.09. The quantitative estimate of drug-likeness (QED) is 0.530. The third-order valence-corrected chi connectivity index (χ3v) is 4.29. The van der Waals surface area contributed by atoms with Gasteiger partial charge in [-0.25, -0.2) is 0 Å². The van der Waals surface area contributed by atoms with Gasteiger partial charge in [-0.15, -0.1) is 9.46 Å². The molecule has 0 saturated heterocycles. The summed E-state index contributed by atoms with van der Waals surface area (Å²) in [6.45, 7) is 0.890. The summed E-state index contributed by atoms with van der Waals surface area (Å²) in [4.78, 5) is 16.6. The predicted octanol–water partition coefficient (Wildman–Crippen LogP) is 3.23. The van der Waals surface area contributed by atoms with Gasteiger partial charge in [-0.1, -0.05) is 72.8 Å². The van der Waals surface area contributed by atoms with E-state index in [-0.39, 0.29) is 0 Å². The van der Waals surface area contributed by atoms with Crippen molar-refractivity contribution in [1.82, 2.24) is 9.46 Å². The zero-order valence-corrected chi connectivity index (χ0v) is 15.2. The first-order valence-corrected chi connectivity index (χ1v) is 8.86. The molecular weight excluding hydrogens is 338 g/mol. The first-order valence-electron chi connectivity index (χ1n) is 8.86. The van der Waals surface area contributed by atoms with E-state index < -0.39 is 0 Å². The van der Waals surface area contributed by atoms with E-state index in [0.29, 0.717) is 18.8 Å². The van der Waals surface area contributed by atoms with Gasteiger partial charge >= 0.3 is 0 Å². The summed E-state index contributed by atoms with van der Waals surface area (Å²) in [5.41, 5.74) is 4.59. The summed E-state index contributed by atoms with van der Waals surface area (Å²) in [7, 11) is 1.74. The molecule has 3 aromatic carbocycles. The Morgan fingerprint density at radius 3 is 1.44 bits per heavy atom. The minimum absolute atomic E-state index is 0.445. The average Bonchev–Trinajstić information content (AvgIpc) is 3.05. The molecule has 0 spiro atoms. The number of para-hydroxylation sites is 2. The Kier molecular flexibility index (Phi) is 4.92. The van der Waals surface area contributed by atoms with E-state index in [2.05, 4.69) is 4.99 Å². The molecular formula is C22H21N3O2. The van der Waals surface area contributed by atoms with Crippen LogP contribution in [0.25, 0.3) is 11.0 Å². The van der Waals surface area contributed by atoms with Crippen LogP contribution in [0.1, 0.15) is 11.1 Å². The van der Waals surface area contributed by atoms with Crippen molar-refractivity contribution in [1.29, 1.82) is 0 Å². The van der Waals surface area contributed by atoms with Crippen LogP contribution >= 0.6 is 0 Å². The maximum atomic E-state index is 6.08. The van der Waals surface area contributed by atoms with Crippen molar-refractivity contribution in [3.05, 3.63) is 102 Å². The van der Waals surface area contributed by atoms with Crippen LogP contribution in [0.15, 0.2) is 89.9 Å². The maximum absolute atomic E-state index is 6.08. The molecule has 0 amide bonds. The molecule has 1 heterocycles. The Balaban J connectivity index is 1.69. The Bertz CT molecular complexity index is 999. The number of fused-ring (bicyclic) bond motifs is 1. The molecule has 5 heteroatoms. The fourth-order valence-corrected chi connectivity index (χ4v) is 2.97. The number of hydrogen-bond donors (Lipinski definition) is 0. The van der Waals surface area contributed by atoms with Crippen LogP contribution in [0.3, 0.4) is 0 Å². The van der Waals surface area contributed by atoms with Gasteiger partial charge in [0.25, 0.3) is 5.62 Å². The normalized spacial score (nSPS) is 10.7. The van der Waals surface area contributed by atoms with Gasteiger partial charge in [0.2, 0.25) is 0 Å². The number of hydrogen-bond acceptors (Lipinski definition) is 3. The second-order valence-electron chi connectivity index (χ2n) is 6.12. The third-order valence-electron chi connectivity index (χ3n) is 4.29. The van der Waals surface area contributed by atoms with Crippen molar-refractivity contribution in [3.8, 4) is 0 Å². The smallest absolute Gasteiger partial charge is 0.273 e. The summed E-state index contributed by atoms with van der Waals surface area (Å²) < 4.78 is 3.46. The lowest BCUT2D eigenvalue weighted by Crippen LogP contribution is -2.33. The van der Waals surface area contributed by atoms with Crippen molar-refractivity contribution >= 4 is 11.0 Å². The van der Waals surface area contributed by atoms with Gasteiger partial charge in [0.05, 0.1) is 0 Å². The van der Waals surface area contributed by atoms with Gasteiger partial charge in [-0.2, -0.15) is 0 Å². The fraction of sp³-hybridized carbons (Fsp3) is 0.136. The lowest BCUT2D eigenvalue weighted by molar-refractivity contribution is 0.0568. The van der Waals surface area contributed by atoms with E-state index in [4.69, 9.17) is 9.68 Å². The molecule has 136 valence electrons. The van der Waals surface area contributed by atoms with Crippen molar-refractivity contribution in [2.45, 2.75) is 13.2 Å². The van der Waals surface area contributed by atoms with E-state index >= 15 is 0 Å². The molecule has 0 aliphatic rings. The number of aromatic nitrogens is 2. The maximum Gasteiger partial charge on any atom is 0.273 e. The molecule has 0 radical (unpaired) electrons. The van der Waals surface area contributed by atoms with Gasteiger partial charge in [0.15, 0.2) is 0 Å². The van der Waals surface area contributed by atoms with Gasteiger partial charge in [0, 0.05) is 7.05 Å². The second-order valence-corrected chi connectivity index (χ2v) is 6.12. The topological polar surface area (TPSA) is 40.7 Å². The highest BCUT2D eigenvalue weighted by molar-refractivity contribution is 5.75. The zero-order chi connectivity index (χ0) is 18.5. The molecule has 0 unspecified atom stereocenters. The molecule has 27 heavy (non-hydrogen) atoms. The van der Waals surface area contributed by atoms with Crippen LogP contribution in [0.2, 0.25) is 0 Å². The summed E-state index contributed by atoms with van der Waals surface area (Å²) in [6.07, 6.45) is 0. The molecule has 4 rings (SSSR count). The molecule has 5 nitrogen and oxygen atoms in total. The first-order chi connectivity index (χ1) is 13.4. The van der Waals surface area contributed by atoms with Crippen LogP contribution in [-0.2, 0) is 13.2 Å². The minimum atomic E-state index is 0.445. The SMILES string of the molecule is CN=c1n(OCc2ccccc2)c2ccccc2n1OCc1ccccc1. The molecule has 0 N–H and O–H groups in total. The number of rotatable bonds is 6. The largest absolute Gasteiger partial charge is 0.405 e. The average molecular weight is 359 g/mol. The number of imidazole rings is 1. The molecule has 0 atom stereocenters. The first kappa shape index (κ1) is 17.0. The van der Waals surface area contributed by atoms with Crippen LogP contribution in [0.5, 0.6) is 0 Å². The third kappa shape index (κ3) is 3.58. The van der Waals surface area contributed by atoms with Crippen molar-refractivity contribution < 1.29 is 9.68 Å². The Hall–Kier alpha value is -3.47. The van der Waals surface area contributed by atoms with Gasteiger partial charge < -0.3 is 9.68 Å². The number of benzene rings is 3. The van der Waals surface area contributed by atoms with E-state index in [9.17, 15) is 0 Å². The minimum Gasteiger partial charge on any atom is -0.405 e. The van der Waals surface area contributed by atoms with Crippen molar-refractivity contribution in [2.75, 3.05) is 7.05 Å². The zero-order valence-electron chi connectivity index (χ0n) is 15.2. The summed E-state index contributed by atoms with van der Waals surface area (Å²) in [6, 6.07) is 28.1. The van der Waals surface area contributed by atoms with E-state index in [1.807, 2.05) is 84.9 Å². The summed E-state index contributed by atoms with van der Waals surface area (Å²) in [5, 5.41) is 0. The molecule has 0 aliphatic heterocycles. The molecule has 1 aromatic heterocycles. The highest BCUT2D eigenvalue weighted by Crippen LogP contribution is 2.12. The van der Waals surface area contributed by atoms with Crippen LogP contribution in [-0.4, -0.2) is 16.5 Å². The van der Waals surface area contributed by atoms with Crippen molar-refractivity contribution in [2.24, 2.45) is 4.99 Å². The van der Waals surface area contributed by atoms with Gasteiger partial charge in [0.1, 0.15) is 24.2 Å². The predicted molar refractivity (Wildman–Crippen MR) is 105 cm³/mol. The highest BCUT2D eigenvalue weighted by atomic mass is 16.7. The van der Waals surface area contributed by atoms with Crippen LogP contribution in [0, 0.1) is 0 Å². The van der Waals surface area contributed by atoms with Gasteiger partial charge in [-0.05, 0) is 23.3 Å². The molecule has 0 fully saturated rings. The fourth-order valence-electron chi connectivity index (χ4n) is 2.97. The van der Waals surface area contributed by atoms with E-state index in [0.717, 1.165) is 22.2 Å². The van der Waals surface area contributed by atoms with Crippen molar-refractivity contribution in [3.63, 3.8) is 0 Å². The summed E-state index contributed by atoms with van der Waals surface area (Å²) >= 11 is 0. The molecule has 0 aliphatic carbocycles. The van der Waals surface area contributed by atoms with E-state index in [1.165, 1.54) is 0 Å². The lowest BCUT2D eigenvalue weighted by atomic mass is 10.2. The molecule has 0 saturated carbocycles. The van der Waals surface area contributed by atoms with Crippen LogP contribution in [0.4, 0.5) is 0 Å². The number of nitrogens with zero attached hydrogens (tertiary/aromatic N) is 3. The Morgan fingerprint density at radius 1 is 0.630 bits per heavy atom. The van der Waals surface area contributed by atoms with Crippen LogP contribution < -0.4 is 15.3 Å². The van der Waals surface area contributed by atoms with Gasteiger partial charge in [-0.3, -0.25) is 4.99 Å². The van der Waals surface area contributed by atoms with E-state index in [1.54, 1.807) is 16.5 Å². The Morgan fingerprint density at radius 2 is 1.04 bits per heavy atom. The Labute approximate surface area is 157 Å². The second kappa shape index (κ2) is 7.83. The summed E-state index contributed by atoms with van der Waals surface area (Å²) in [5.74, 6) is 0. The molecule has 0 bridgehead atoms. The highest BCUT2D eigenvalue weighted by Gasteiger charge is 2.13. The monoisotopic (exact) mass is 359 g/mol. The standard InChI is InChI=1S/C22H21N3O2/c1-23-22-24(26-16-18-10-4-2-5-11-18)20-14-8-9-15-21(20)25(22)27-17-19-12-6-3-7-13-19/h2-15H,16-17H2,1H3.